The van der Waals surface area contributed by atoms with Gasteiger partial charge in [-0.2, -0.15) is 0 Å². The van der Waals surface area contributed by atoms with Crippen molar-refractivity contribution in [3.63, 3.8) is 0 Å². The van der Waals surface area contributed by atoms with Gasteiger partial charge in [0.1, 0.15) is 12.7 Å². The number of β-amino-alcohol motifs (C(OH)–C–C–N with tert-alkyl or cyclic N) is 1. The first kappa shape index (κ1) is 17.3. The lowest BCUT2D eigenvalue weighted by atomic mass is 10.3. The Kier molecular flexibility index (Phi) is 6.05. The molecule has 1 saturated carbocycles. The Morgan fingerprint density at radius 1 is 1.13 bits per heavy atom. The maximum absolute atomic E-state index is 10.3. The molecule has 0 amide bonds. The number of rotatable bonds is 6. The van der Waals surface area contributed by atoms with Crippen LogP contribution in [0.5, 0.6) is 5.75 Å². The zero-order valence-corrected chi connectivity index (χ0v) is 14.8. The molecule has 1 atom stereocenters. The normalized spacial score (nSPS) is 21.9. The van der Waals surface area contributed by atoms with Crippen molar-refractivity contribution in [2.75, 3.05) is 39.3 Å². The van der Waals surface area contributed by atoms with E-state index in [0.29, 0.717) is 22.3 Å². The summed E-state index contributed by atoms with van der Waals surface area (Å²) in [6.07, 6.45) is 3.33. The van der Waals surface area contributed by atoms with E-state index in [-0.39, 0.29) is 6.61 Å². The highest BCUT2D eigenvalue weighted by Crippen LogP contribution is 2.32. The van der Waals surface area contributed by atoms with Crippen LogP contribution in [0.25, 0.3) is 0 Å². The lowest BCUT2D eigenvalue weighted by Gasteiger charge is -2.24. The maximum atomic E-state index is 10.3. The summed E-state index contributed by atoms with van der Waals surface area (Å²) >= 11 is 12.1. The molecule has 1 saturated heterocycles. The topological polar surface area (TPSA) is 35.9 Å². The summed E-state index contributed by atoms with van der Waals surface area (Å²) in [6, 6.07) is 6.06. The van der Waals surface area contributed by atoms with Gasteiger partial charge in [-0.15, -0.1) is 0 Å². The van der Waals surface area contributed by atoms with Crippen molar-refractivity contribution in [3.05, 3.63) is 28.2 Å². The lowest BCUT2D eigenvalue weighted by molar-refractivity contribution is 0.0693. The first-order chi connectivity index (χ1) is 11.1. The molecule has 3 rings (SSSR count). The first-order valence-electron chi connectivity index (χ1n) is 8.35. The van der Waals surface area contributed by atoms with Crippen LogP contribution in [0, 0.1) is 0 Å². The fraction of sp³-hybridized carbons (Fsp3) is 0.647. The summed E-state index contributed by atoms with van der Waals surface area (Å²) in [5, 5.41) is 11.2. The fourth-order valence-corrected chi connectivity index (χ4v) is 3.64. The van der Waals surface area contributed by atoms with Crippen LogP contribution in [0.2, 0.25) is 10.0 Å². The molecule has 1 N–H and O–H groups in total. The Morgan fingerprint density at radius 2 is 1.87 bits per heavy atom. The Morgan fingerprint density at radius 3 is 2.57 bits per heavy atom. The second-order valence-electron chi connectivity index (χ2n) is 6.44. The van der Waals surface area contributed by atoms with Crippen LogP contribution in [-0.4, -0.2) is 66.4 Å². The monoisotopic (exact) mass is 358 g/mol. The SMILES string of the molecule is OC(COc1c(Cl)cccc1Cl)CN1CCCN(C2CC2)CC1. The minimum absolute atomic E-state index is 0.201. The third-order valence-electron chi connectivity index (χ3n) is 4.49. The predicted molar refractivity (Wildman–Crippen MR) is 93.6 cm³/mol. The van der Waals surface area contributed by atoms with E-state index in [4.69, 9.17) is 27.9 Å². The molecule has 4 nitrogen and oxygen atoms in total. The number of aliphatic hydroxyl groups is 1. The molecular formula is C17H24Cl2N2O2. The zero-order chi connectivity index (χ0) is 16.2. The van der Waals surface area contributed by atoms with Crippen LogP contribution >= 0.6 is 23.2 Å². The summed E-state index contributed by atoms with van der Waals surface area (Å²) in [5.41, 5.74) is 0. The van der Waals surface area contributed by atoms with Gasteiger partial charge in [-0.3, -0.25) is 9.80 Å². The van der Waals surface area contributed by atoms with Gasteiger partial charge < -0.3 is 9.84 Å². The van der Waals surface area contributed by atoms with Crippen molar-refractivity contribution in [2.45, 2.75) is 31.4 Å². The van der Waals surface area contributed by atoms with Gasteiger partial charge in [0.25, 0.3) is 0 Å². The molecule has 0 aromatic heterocycles. The van der Waals surface area contributed by atoms with Crippen molar-refractivity contribution in [3.8, 4) is 5.75 Å². The molecule has 1 aromatic carbocycles. The van der Waals surface area contributed by atoms with Crippen LogP contribution in [0.15, 0.2) is 18.2 Å². The Bertz CT molecular complexity index is 505. The van der Waals surface area contributed by atoms with Crippen molar-refractivity contribution in [1.82, 2.24) is 9.80 Å². The average molecular weight is 359 g/mol. The van der Waals surface area contributed by atoms with E-state index >= 15 is 0 Å². The maximum Gasteiger partial charge on any atom is 0.156 e. The lowest BCUT2D eigenvalue weighted by Crippen LogP contribution is -2.38. The molecule has 23 heavy (non-hydrogen) atoms. The van der Waals surface area contributed by atoms with Crippen molar-refractivity contribution >= 4 is 23.2 Å². The van der Waals surface area contributed by atoms with Gasteiger partial charge in [0.15, 0.2) is 5.75 Å². The number of ether oxygens (including phenoxy) is 1. The van der Waals surface area contributed by atoms with E-state index in [1.165, 1.54) is 25.8 Å². The molecule has 0 bridgehead atoms. The number of aliphatic hydroxyl groups excluding tert-OH is 1. The molecule has 128 valence electrons. The van der Waals surface area contributed by atoms with E-state index in [1.54, 1.807) is 18.2 Å². The standard InChI is InChI=1S/C17H24Cl2N2O2/c18-15-3-1-4-16(19)17(15)23-12-14(22)11-20-7-2-8-21(10-9-20)13-5-6-13/h1,3-4,13-14,22H,2,5-12H2. The average Bonchev–Trinajstić information content (AvgIpc) is 3.33. The van der Waals surface area contributed by atoms with Crippen molar-refractivity contribution < 1.29 is 9.84 Å². The largest absolute Gasteiger partial charge is 0.488 e. The Labute approximate surface area is 147 Å². The third kappa shape index (κ3) is 4.97. The summed E-state index contributed by atoms with van der Waals surface area (Å²) in [6.45, 7) is 5.16. The van der Waals surface area contributed by atoms with E-state index in [0.717, 1.165) is 25.7 Å². The van der Waals surface area contributed by atoms with Gasteiger partial charge >= 0.3 is 0 Å². The molecular weight excluding hydrogens is 335 g/mol. The number of hydrogen-bond acceptors (Lipinski definition) is 4. The first-order valence-corrected chi connectivity index (χ1v) is 9.10. The van der Waals surface area contributed by atoms with Crippen molar-refractivity contribution in [2.24, 2.45) is 0 Å². The van der Waals surface area contributed by atoms with Crippen LogP contribution < -0.4 is 4.74 Å². The molecule has 0 radical (unpaired) electrons. The minimum Gasteiger partial charge on any atom is -0.488 e. The highest BCUT2D eigenvalue weighted by atomic mass is 35.5. The van der Waals surface area contributed by atoms with Crippen LogP contribution in [0.1, 0.15) is 19.3 Å². The van der Waals surface area contributed by atoms with E-state index in [2.05, 4.69) is 9.80 Å². The van der Waals surface area contributed by atoms with Crippen LogP contribution in [0.3, 0.4) is 0 Å². The summed E-state index contributed by atoms with van der Waals surface area (Å²) < 4.78 is 5.62. The number of hydrogen-bond donors (Lipinski definition) is 1. The molecule has 1 unspecified atom stereocenters. The van der Waals surface area contributed by atoms with E-state index < -0.39 is 6.10 Å². The van der Waals surface area contributed by atoms with Gasteiger partial charge in [0, 0.05) is 25.7 Å². The molecule has 1 aliphatic heterocycles. The molecule has 1 heterocycles. The van der Waals surface area contributed by atoms with Crippen LogP contribution in [0.4, 0.5) is 0 Å². The van der Waals surface area contributed by atoms with E-state index in [9.17, 15) is 5.11 Å². The molecule has 0 spiro atoms. The summed E-state index contributed by atoms with van der Waals surface area (Å²) in [5.74, 6) is 0.450. The third-order valence-corrected chi connectivity index (χ3v) is 5.09. The number of halogens is 2. The fourth-order valence-electron chi connectivity index (χ4n) is 3.13. The molecule has 2 fully saturated rings. The molecule has 1 aliphatic carbocycles. The van der Waals surface area contributed by atoms with Gasteiger partial charge in [0.2, 0.25) is 0 Å². The number of para-hydroxylation sites is 1. The predicted octanol–water partition coefficient (Wildman–Crippen LogP) is 2.90. The second kappa shape index (κ2) is 8.04. The highest BCUT2D eigenvalue weighted by Gasteiger charge is 2.30. The Hall–Kier alpha value is -0.520. The summed E-state index contributed by atoms with van der Waals surface area (Å²) in [7, 11) is 0. The van der Waals surface area contributed by atoms with E-state index in [1.807, 2.05) is 0 Å². The van der Waals surface area contributed by atoms with Crippen LogP contribution in [-0.2, 0) is 0 Å². The minimum atomic E-state index is -0.546. The number of benzene rings is 1. The molecule has 2 aliphatic rings. The van der Waals surface area contributed by atoms with Gasteiger partial charge in [-0.1, -0.05) is 29.3 Å². The smallest absolute Gasteiger partial charge is 0.156 e. The zero-order valence-electron chi connectivity index (χ0n) is 13.3. The highest BCUT2D eigenvalue weighted by molar-refractivity contribution is 6.37. The molecule has 6 heteroatoms. The quantitative estimate of drug-likeness (QED) is 0.847. The molecule has 1 aromatic rings. The van der Waals surface area contributed by atoms with Gasteiger partial charge in [0.05, 0.1) is 10.0 Å². The van der Waals surface area contributed by atoms with Gasteiger partial charge in [-0.05, 0) is 44.5 Å². The van der Waals surface area contributed by atoms with Gasteiger partial charge in [-0.25, -0.2) is 0 Å². The summed E-state index contributed by atoms with van der Waals surface area (Å²) in [4.78, 5) is 4.91. The second-order valence-corrected chi connectivity index (χ2v) is 7.25. The van der Waals surface area contributed by atoms with Crippen molar-refractivity contribution in [1.29, 1.82) is 0 Å². The number of nitrogens with zero attached hydrogens (tertiary/aromatic N) is 2. The Balaban J connectivity index is 1.44.